The molecule has 4 nitrogen and oxygen atoms in total. The Bertz CT molecular complexity index is 577. The predicted octanol–water partition coefficient (Wildman–Crippen LogP) is 3.83. The number of nitrogen functional groups attached to an aromatic ring is 1. The monoisotopic (exact) mass is 308 g/mol. The summed E-state index contributed by atoms with van der Waals surface area (Å²) in [5.41, 5.74) is 6.81. The van der Waals surface area contributed by atoms with Crippen LogP contribution in [0.1, 0.15) is 18.9 Å². The third-order valence-corrected chi connectivity index (χ3v) is 3.94. The van der Waals surface area contributed by atoms with Gasteiger partial charge in [-0.15, -0.1) is 11.8 Å². The minimum absolute atomic E-state index is 0.285. The summed E-state index contributed by atoms with van der Waals surface area (Å²) >= 11 is 7.73. The van der Waals surface area contributed by atoms with Gasteiger partial charge in [0, 0.05) is 23.4 Å². The third kappa shape index (κ3) is 4.28. The lowest BCUT2D eigenvalue weighted by Crippen LogP contribution is -2.05. The van der Waals surface area contributed by atoms with E-state index in [1.54, 1.807) is 11.8 Å². The normalized spacial score (nSPS) is 10.5. The predicted molar refractivity (Wildman–Crippen MR) is 86.2 cm³/mol. The van der Waals surface area contributed by atoms with Crippen molar-refractivity contribution in [3.63, 3.8) is 0 Å². The second-order valence-corrected chi connectivity index (χ2v) is 5.66. The first-order chi connectivity index (χ1) is 9.69. The second-order valence-electron chi connectivity index (χ2n) is 4.26. The number of nitrogens with two attached hydrogens (primary N) is 1. The van der Waals surface area contributed by atoms with Gasteiger partial charge in [0.2, 0.25) is 5.95 Å². The van der Waals surface area contributed by atoms with Crippen molar-refractivity contribution in [3.05, 3.63) is 40.9 Å². The Morgan fingerprint density at radius 2 is 2.10 bits per heavy atom. The molecule has 2 rings (SSSR count). The Hall–Kier alpha value is -1.46. The van der Waals surface area contributed by atoms with E-state index in [1.807, 2.05) is 30.3 Å². The summed E-state index contributed by atoms with van der Waals surface area (Å²) < 4.78 is 0. The van der Waals surface area contributed by atoms with E-state index >= 15 is 0 Å². The van der Waals surface area contributed by atoms with Crippen molar-refractivity contribution < 1.29 is 0 Å². The summed E-state index contributed by atoms with van der Waals surface area (Å²) in [6.07, 6.45) is 1.03. The molecule has 0 fully saturated rings. The molecule has 20 heavy (non-hydrogen) atoms. The molecule has 0 amide bonds. The fourth-order valence-corrected chi connectivity index (χ4v) is 2.82. The summed E-state index contributed by atoms with van der Waals surface area (Å²) in [6, 6.07) is 9.71. The average molecular weight is 309 g/mol. The van der Waals surface area contributed by atoms with Gasteiger partial charge in [0.25, 0.3) is 0 Å². The van der Waals surface area contributed by atoms with Crippen LogP contribution in [-0.4, -0.2) is 16.5 Å². The highest BCUT2D eigenvalue weighted by Gasteiger charge is 2.05. The molecule has 0 radical (unpaired) electrons. The van der Waals surface area contributed by atoms with Gasteiger partial charge in [-0.3, -0.25) is 0 Å². The van der Waals surface area contributed by atoms with Crippen molar-refractivity contribution in [1.82, 2.24) is 9.97 Å². The van der Waals surface area contributed by atoms with E-state index < -0.39 is 0 Å². The molecular formula is C14H17ClN4S. The summed E-state index contributed by atoms with van der Waals surface area (Å²) in [6.45, 7) is 2.97. The number of thioether (sulfide) groups is 1. The first-order valence-corrected chi connectivity index (χ1v) is 7.80. The van der Waals surface area contributed by atoms with E-state index in [2.05, 4.69) is 22.2 Å². The van der Waals surface area contributed by atoms with Crippen molar-refractivity contribution >= 4 is 35.1 Å². The van der Waals surface area contributed by atoms with Crippen LogP contribution in [0.3, 0.4) is 0 Å². The summed E-state index contributed by atoms with van der Waals surface area (Å²) in [5.74, 6) is 1.80. The van der Waals surface area contributed by atoms with Crippen LogP contribution in [0.5, 0.6) is 0 Å². The van der Waals surface area contributed by atoms with Gasteiger partial charge in [-0.2, -0.15) is 4.98 Å². The zero-order valence-corrected chi connectivity index (χ0v) is 12.8. The van der Waals surface area contributed by atoms with Gasteiger partial charge in [0.05, 0.1) is 0 Å². The molecule has 0 atom stereocenters. The van der Waals surface area contributed by atoms with Crippen molar-refractivity contribution in [2.75, 3.05) is 17.6 Å². The largest absolute Gasteiger partial charge is 0.370 e. The van der Waals surface area contributed by atoms with Crippen molar-refractivity contribution in [1.29, 1.82) is 0 Å². The Morgan fingerprint density at radius 1 is 1.30 bits per heavy atom. The van der Waals surface area contributed by atoms with E-state index in [-0.39, 0.29) is 5.95 Å². The van der Waals surface area contributed by atoms with E-state index in [1.165, 1.54) is 0 Å². The highest BCUT2D eigenvalue weighted by Crippen LogP contribution is 2.26. The maximum absolute atomic E-state index is 6.14. The second kappa shape index (κ2) is 7.36. The molecule has 3 N–H and O–H groups in total. The number of hydrogen-bond donors (Lipinski definition) is 2. The quantitative estimate of drug-likeness (QED) is 0.627. The highest BCUT2D eigenvalue weighted by atomic mass is 35.5. The standard InChI is InChI=1S/C14H17ClN4S/c1-2-7-17-12-8-13(19-14(16)18-12)20-9-10-5-3-4-6-11(10)15/h3-6,8H,2,7,9H2,1H3,(H3,16,17,18,19). The smallest absolute Gasteiger partial charge is 0.223 e. The van der Waals surface area contributed by atoms with Crippen LogP contribution in [0.15, 0.2) is 35.4 Å². The van der Waals surface area contributed by atoms with Crippen molar-refractivity contribution in [2.45, 2.75) is 24.1 Å². The number of nitrogens with zero attached hydrogens (tertiary/aromatic N) is 2. The minimum atomic E-state index is 0.285. The van der Waals surface area contributed by atoms with E-state index in [9.17, 15) is 0 Å². The van der Waals surface area contributed by atoms with E-state index in [0.717, 1.165) is 40.1 Å². The molecule has 1 heterocycles. The lowest BCUT2D eigenvalue weighted by atomic mass is 10.2. The summed E-state index contributed by atoms with van der Waals surface area (Å²) in [5, 5.41) is 4.83. The molecule has 1 aromatic carbocycles. The lowest BCUT2D eigenvalue weighted by molar-refractivity contribution is 0.957. The number of rotatable bonds is 6. The van der Waals surface area contributed by atoms with Gasteiger partial charge in [-0.25, -0.2) is 4.98 Å². The third-order valence-electron chi connectivity index (χ3n) is 2.61. The Balaban J connectivity index is 2.05. The van der Waals surface area contributed by atoms with Crippen LogP contribution in [0.25, 0.3) is 0 Å². The van der Waals surface area contributed by atoms with Crippen molar-refractivity contribution in [2.24, 2.45) is 0 Å². The van der Waals surface area contributed by atoms with Crippen LogP contribution in [-0.2, 0) is 5.75 Å². The average Bonchev–Trinajstić information content (AvgIpc) is 2.44. The van der Waals surface area contributed by atoms with E-state index in [0.29, 0.717) is 0 Å². The Labute approximate surface area is 128 Å². The lowest BCUT2D eigenvalue weighted by Gasteiger charge is -2.08. The van der Waals surface area contributed by atoms with Crippen LogP contribution < -0.4 is 11.1 Å². The summed E-state index contributed by atoms with van der Waals surface area (Å²) in [4.78, 5) is 8.39. The zero-order valence-electron chi connectivity index (χ0n) is 11.3. The molecule has 0 saturated heterocycles. The molecule has 0 spiro atoms. The number of anilines is 2. The molecule has 0 bridgehead atoms. The maximum atomic E-state index is 6.14. The molecule has 106 valence electrons. The van der Waals surface area contributed by atoms with Gasteiger partial charge in [-0.05, 0) is 18.1 Å². The molecule has 0 unspecified atom stereocenters. The highest BCUT2D eigenvalue weighted by molar-refractivity contribution is 7.98. The van der Waals surface area contributed by atoms with Crippen molar-refractivity contribution in [3.8, 4) is 0 Å². The number of aromatic nitrogens is 2. The summed E-state index contributed by atoms with van der Waals surface area (Å²) in [7, 11) is 0. The van der Waals surface area contributed by atoms with Gasteiger partial charge >= 0.3 is 0 Å². The maximum Gasteiger partial charge on any atom is 0.223 e. The molecule has 0 saturated carbocycles. The number of hydrogen-bond acceptors (Lipinski definition) is 5. The Kier molecular flexibility index (Phi) is 5.49. The zero-order chi connectivity index (χ0) is 14.4. The fourth-order valence-electron chi connectivity index (χ4n) is 1.63. The number of nitrogens with one attached hydrogen (secondary N) is 1. The number of halogens is 1. The fraction of sp³-hybridized carbons (Fsp3) is 0.286. The molecule has 0 aliphatic carbocycles. The molecule has 2 aromatic rings. The SMILES string of the molecule is CCCNc1cc(SCc2ccccc2Cl)nc(N)n1. The van der Waals surface area contributed by atoms with Gasteiger partial charge in [-0.1, -0.05) is 36.7 Å². The first kappa shape index (κ1) is 14.9. The van der Waals surface area contributed by atoms with Crippen LogP contribution >= 0.6 is 23.4 Å². The molecular weight excluding hydrogens is 292 g/mol. The number of benzene rings is 1. The van der Waals surface area contributed by atoms with Gasteiger partial charge in [0.1, 0.15) is 10.8 Å². The van der Waals surface area contributed by atoms with Crippen LogP contribution in [0.2, 0.25) is 5.02 Å². The van der Waals surface area contributed by atoms with E-state index in [4.69, 9.17) is 17.3 Å². The molecule has 6 heteroatoms. The van der Waals surface area contributed by atoms with Crippen LogP contribution in [0, 0.1) is 0 Å². The Morgan fingerprint density at radius 3 is 2.85 bits per heavy atom. The topological polar surface area (TPSA) is 63.8 Å². The minimum Gasteiger partial charge on any atom is -0.370 e. The van der Waals surface area contributed by atoms with Gasteiger partial charge in [0.15, 0.2) is 0 Å². The molecule has 0 aliphatic heterocycles. The first-order valence-electron chi connectivity index (χ1n) is 6.43. The van der Waals surface area contributed by atoms with Gasteiger partial charge < -0.3 is 11.1 Å². The molecule has 0 aliphatic rings. The van der Waals surface area contributed by atoms with Crippen LogP contribution in [0.4, 0.5) is 11.8 Å². The molecule has 1 aromatic heterocycles.